The molecule has 0 amide bonds. The summed E-state index contributed by atoms with van der Waals surface area (Å²) in [4.78, 5) is 0. The lowest BCUT2D eigenvalue weighted by atomic mass is 10.2. The van der Waals surface area contributed by atoms with Gasteiger partial charge in [0, 0.05) is 0 Å². The monoisotopic (exact) mass is 223 g/mol. The van der Waals surface area contributed by atoms with E-state index in [1.807, 2.05) is 54.6 Å². The van der Waals surface area contributed by atoms with Crippen LogP contribution in [-0.2, 0) is 0 Å². The topological polar surface area (TPSA) is 50.8 Å². The van der Waals surface area contributed by atoms with Gasteiger partial charge in [-0.05, 0) is 24.3 Å². The highest BCUT2D eigenvalue weighted by atomic mass is 16.5. The van der Waals surface area contributed by atoms with Gasteiger partial charge in [-0.25, -0.2) is 0 Å². The van der Waals surface area contributed by atoms with E-state index in [1.54, 1.807) is 0 Å². The minimum absolute atomic E-state index is 0.435. The lowest BCUT2D eigenvalue weighted by Gasteiger charge is -1.88. The Labute approximate surface area is 97.6 Å². The van der Waals surface area contributed by atoms with Crippen molar-refractivity contribution in [2.75, 3.05) is 0 Å². The largest absolute Gasteiger partial charge is 0.334 e. The highest BCUT2D eigenvalue weighted by molar-refractivity contribution is 5.86. The number of azo groups is 1. The Morgan fingerprint density at radius 2 is 1.59 bits per heavy atom. The molecule has 0 saturated heterocycles. The molecule has 1 heterocycles. The molecule has 0 N–H and O–H groups in total. The van der Waals surface area contributed by atoms with Crippen LogP contribution in [0.15, 0.2) is 69.3 Å². The summed E-state index contributed by atoms with van der Waals surface area (Å²) in [5.74, 6) is 0.435. The third-order valence-corrected chi connectivity index (χ3v) is 2.38. The number of nitrogens with zero attached hydrogens (tertiary/aromatic N) is 3. The predicted octanol–water partition coefficient (Wildman–Crippen LogP) is 4.24. The molecule has 4 nitrogen and oxygen atoms in total. The molecule has 0 bridgehead atoms. The molecule has 0 aliphatic heterocycles. The van der Waals surface area contributed by atoms with Gasteiger partial charge >= 0.3 is 0 Å². The van der Waals surface area contributed by atoms with Crippen LogP contribution < -0.4 is 0 Å². The number of rotatable bonds is 2. The summed E-state index contributed by atoms with van der Waals surface area (Å²) >= 11 is 0. The van der Waals surface area contributed by atoms with Crippen LogP contribution >= 0.6 is 0 Å². The summed E-state index contributed by atoms with van der Waals surface area (Å²) in [6.45, 7) is 0. The zero-order valence-corrected chi connectivity index (χ0v) is 8.95. The first-order valence-corrected chi connectivity index (χ1v) is 5.25. The molecule has 1 aromatic heterocycles. The number of fused-ring (bicyclic) bond motifs is 1. The second-order valence-electron chi connectivity index (χ2n) is 3.54. The van der Waals surface area contributed by atoms with Crippen molar-refractivity contribution in [3.05, 3.63) is 54.6 Å². The highest BCUT2D eigenvalue weighted by Crippen LogP contribution is 2.26. The predicted molar refractivity (Wildman–Crippen MR) is 64.6 cm³/mol. The van der Waals surface area contributed by atoms with Crippen molar-refractivity contribution < 1.29 is 4.52 Å². The van der Waals surface area contributed by atoms with Gasteiger partial charge in [0.25, 0.3) is 5.88 Å². The van der Waals surface area contributed by atoms with E-state index in [0.717, 1.165) is 16.6 Å². The quantitative estimate of drug-likeness (QED) is 0.610. The van der Waals surface area contributed by atoms with Crippen LogP contribution in [0, 0.1) is 0 Å². The Balaban J connectivity index is 1.98. The smallest absolute Gasteiger partial charge is 0.277 e. The third-order valence-electron chi connectivity index (χ3n) is 2.38. The fraction of sp³-hybridized carbons (Fsp3) is 0. The van der Waals surface area contributed by atoms with Gasteiger partial charge in [-0.15, -0.1) is 10.2 Å². The minimum atomic E-state index is 0.435. The molecule has 0 fully saturated rings. The fourth-order valence-electron chi connectivity index (χ4n) is 1.55. The maximum atomic E-state index is 5.13. The highest BCUT2D eigenvalue weighted by Gasteiger charge is 2.05. The lowest BCUT2D eigenvalue weighted by molar-refractivity contribution is 0.436. The average molecular weight is 223 g/mol. The molecule has 17 heavy (non-hydrogen) atoms. The summed E-state index contributed by atoms with van der Waals surface area (Å²) in [5, 5.41) is 12.9. The summed E-state index contributed by atoms with van der Waals surface area (Å²) in [5.41, 5.74) is 1.57. The van der Waals surface area contributed by atoms with Crippen LogP contribution in [0.1, 0.15) is 0 Å². The first-order valence-electron chi connectivity index (χ1n) is 5.25. The van der Waals surface area contributed by atoms with Gasteiger partial charge in [0.1, 0.15) is 5.52 Å². The van der Waals surface area contributed by atoms with Crippen molar-refractivity contribution in [2.24, 2.45) is 10.2 Å². The molecule has 4 heteroatoms. The zero-order valence-electron chi connectivity index (χ0n) is 8.95. The van der Waals surface area contributed by atoms with E-state index in [9.17, 15) is 0 Å². The van der Waals surface area contributed by atoms with Crippen LogP contribution in [0.5, 0.6) is 0 Å². The molecule has 3 aromatic rings. The molecule has 0 saturated carbocycles. The first kappa shape index (κ1) is 9.72. The van der Waals surface area contributed by atoms with E-state index < -0.39 is 0 Å². The van der Waals surface area contributed by atoms with E-state index in [0.29, 0.717) is 5.88 Å². The van der Waals surface area contributed by atoms with Gasteiger partial charge in [-0.1, -0.05) is 35.5 Å². The Hall–Kier alpha value is -2.49. The van der Waals surface area contributed by atoms with Crippen LogP contribution in [-0.4, -0.2) is 5.16 Å². The molecular weight excluding hydrogens is 214 g/mol. The molecule has 2 aromatic carbocycles. The van der Waals surface area contributed by atoms with E-state index in [4.69, 9.17) is 4.52 Å². The molecule has 3 rings (SSSR count). The second-order valence-corrected chi connectivity index (χ2v) is 3.54. The normalized spacial score (nSPS) is 11.3. The van der Waals surface area contributed by atoms with Gasteiger partial charge in [0.15, 0.2) is 0 Å². The van der Waals surface area contributed by atoms with Crippen LogP contribution in [0.2, 0.25) is 0 Å². The van der Waals surface area contributed by atoms with Crippen molar-refractivity contribution in [3.8, 4) is 0 Å². The number of benzene rings is 2. The Morgan fingerprint density at radius 3 is 2.47 bits per heavy atom. The molecule has 0 aliphatic carbocycles. The van der Waals surface area contributed by atoms with Crippen LogP contribution in [0.25, 0.3) is 10.9 Å². The van der Waals surface area contributed by atoms with Crippen molar-refractivity contribution in [1.29, 1.82) is 0 Å². The van der Waals surface area contributed by atoms with Gasteiger partial charge in [0.2, 0.25) is 0 Å². The summed E-state index contributed by atoms with van der Waals surface area (Å²) in [7, 11) is 0. The van der Waals surface area contributed by atoms with Crippen molar-refractivity contribution in [2.45, 2.75) is 0 Å². The number of hydrogen-bond acceptors (Lipinski definition) is 4. The zero-order chi connectivity index (χ0) is 11.5. The summed E-state index contributed by atoms with van der Waals surface area (Å²) in [6, 6.07) is 17.1. The molecular formula is C13H9N3O. The molecule has 0 unspecified atom stereocenters. The average Bonchev–Trinajstić information content (AvgIpc) is 2.81. The molecule has 0 radical (unpaired) electrons. The van der Waals surface area contributed by atoms with E-state index >= 15 is 0 Å². The van der Waals surface area contributed by atoms with Crippen molar-refractivity contribution in [3.63, 3.8) is 0 Å². The molecule has 0 spiro atoms. The van der Waals surface area contributed by atoms with E-state index in [2.05, 4.69) is 15.4 Å². The first-order chi connectivity index (χ1) is 8.43. The van der Waals surface area contributed by atoms with E-state index in [1.165, 1.54) is 0 Å². The van der Waals surface area contributed by atoms with Gasteiger partial charge < -0.3 is 4.52 Å². The standard InChI is InChI=1S/C13H9N3O/c1-2-6-10(7-3-1)14-15-13-11-8-4-5-9-12(11)16-17-13/h1-9H. The van der Waals surface area contributed by atoms with E-state index in [-0.39, 0.29) is 0 Å². The van der Waals surface area contributed by atoms with Crippen LogP contribution in [0.4, 0.5) is 11.6 Å². The third kappa shape index (κ3) is 1.92. The van der Waals surface area contributed by atoms with Gasteiger partial charge in [-0.3, -0.25) is 0 Å². The van der Waals surface area contributed by atoms with Crippen molar-refractivity contribution >= 4 is 22.5 Å². The lowest BCUT2D eigenvalue weighted by Crippen LogP contribution is -1.64. The Bertz CT molecular complexity index is 658. The molecule has 82 valence electrons. The molecule has 0 atom stereocenters. The second kappa shape index (κ2) is 4.17. The Morgan fingerprint density at radius 1 is 0.824 bits per heavy atom. The number of hydrogen-bond donors (Lipinski definition) is 0. The van der Waals surface area contributed by atoms with Crippen LogP contribution in [0.3, 0.4) is 0 Å². The SMILES string of the molecule is c1ccc(N=Nc2onc3ccccc23)cc1. The molecule has 0 aliphatic rings. The van der Waals surface area contributed by atoms with Gasteiger partial charge in [0.05, 0.1) is 11.1 Å². The minimum Gasteiger partial charge on any atom is -0.334 e. The maximum absolute atomic E-state index is 5.13. The Kier molecular flexibility index (Phi) is 2.38. The maximum Gasteiger partial charge on any atom is 0.277 e. The van der Waals surface area contributed by atoms with Gasteiger partial charge in [-0.2, -0.15) is 0 Å². The fourth-order valence-corrected chi connectivity index (χ4v) is 1.55. The summed E-state index contributed by atoms with van der Waals surface area (Å²) in [6.07, 6.45) is 0. The van der Waals surface area contributed by atoms with Crippen molar-refractivity contribution in [1.82, 2.24) is 5.16 Å². The number of aromatic nitrogens is 1. The summed E-state index contributed by atoms with van der Waals surface area (Å²) < 4.78 is 5.13.